The van der Waals surface area contributed by atoms with Gasteiger partial charge < -0.3 is 9.47 Å². The number of rotatable bonds is 12. The van der Waals surface area contributed by atoms with E-state index in [1.54, 1.807) is 20.1 Å². The number of nitrogens with zero attached hydrogens (tertiary/aromatic N) is 1. The van der Waals surface area contributed by atoms with Crippen LogP contribution >= 0.6 is 0 Å². The van der Waals surface area contributed by atoms with Crippen molar-refractivity contribution in [3.05, 3.63) is 53.0 Å². The average molecular weight is 453 g/mol. The molecule has 1 aromatic carbocycles. The monoisotopic (exact) mass is 452 g/mol. The Morgan fingerprint density at radius 3 is 2.61 bits per heavy atom. The molecule has 0 radical (unpaired) electrons. The molecule has 1 N–H and O–H groups in total. The molecule has 0 fully saturated rings. The summed E-state index contributed by atoms with van der Waals surface area (Å²) in [6.07, 6.45) is 2.37. The highest BCUT2D eigenvalue weighted by Crippen LogP contribution is 2.25. The number of methoxy groups -OCH3 is 1. The number of ketones is 1. The van der Waals surface area contributed by atoms with E-state index in [2.05, 4.69) is 9.71 Å². The first kappa shape index (κ1) is 24.7. The predicted molar refractivity (Wildman–Crippen MR) is 118 cm³/mol. The number of hydrogen-bond donors (Lipinski definition) is 1. The number of hydrogen-bond acceptors (Lipinski definition) is 6. The molecule has 2 aromatic rings. The van der Waals surface area contributed by atoms with Crippen molar-refractivity contribution in [2.75, 3.05) is 31.3 Å². The molecule has 0 spiro atoms. The lowest BCUT2D eigenvalue weighted by atomic mass is 9.93. The first-order valence-corrected chi connectivity index (χ1v) is 11.9. The van der Waals surface area contributed by atoms with E-state index in [-0.39, 0.29) is 17.9 Å². The molecule has 1 atom stereocenters. The molecule has 0 aliphatic heterocycles. The molecule has 2 rings (SSSR count). The van der Waals surface area contributed by atoms with E-state index in [1.807, 2.05) is 19.1 Å². The number of carbonyl (C=O) groups excluding carboxylic acids is 1. The quantitative estimate of drug-likeness (QED) is 0.494. The zero-order chi connectivity index (χ0) is 23.0. The Hall–Kier alpha value is -2.52. The molecule has 31 heavy (non-hydrogen) atoms. The third kappa shape index (κ3) is 7.91. The predicted octanol–water partition coefficient (Wildman–Crippen LogP) is 3.62. The molecular weight excluding hydrogens is 423 g/mol. The molecule has 170 valence electrons. The molecule has 9 heteroatoms. The maximum atomic E-state index is 14.2. The third-order valence-corrected chi connectivity index (χ3v) is 5.31. The number of benzene rings is 1. The fraction of sp³-hybridized carbons (Fsp3) is 0.455. The molecular formula is C22H29FN2O5S. The van der Waals surface area contributed by atoms with Gasteiger partial charge in [-0.1, -0.05) is 19.1 Å². The van der Waals surface area contributed by atoms with E-state index in [9.17, 15) is 17.6 Å². The second-order valence-corrected chi connectivity index (χ2v) is 9.16. The Balaban J connectivity index is 2.03. The van der Waals surface area contributed by atoms with Gasteiger partial charge in [0, 0.05) is 43.7 Å². The van der Waals surface area contributed by atoms with Gasteiger partial charge in [0.1, 0.15) is 11.6 Å². The summed E-state index contributed by atoms with van der Waals surface area (Å²) in [6.45, 7) is 4.63. The fourth-order valence-electron chi connectivity index (χ4n) is 2.99. The number of aromatic nitrogens is 1. The van der Waals surface area contributed by atoms with Gasteiger partial charge in [-0.3, -0.25) is 9.52 Å². The summed E-state index contributed by atoms with van der Waals surface area (Å²) in [7, 11) is -1.96. The number of halogens is 1. The Morgan fingerprint density at radius 1 is 1.23 bits per heavy atom. The second kappa shape index (κ2) is 11.2. The summed E-state index contributed by atoms with van der Waals surface area (Å²) in [4.78, 5) is 17.1. The number of pyridine rings is 1. The average Bonchev–Trinajstić information content (AvgIpc) is 2.70. The van der Waals surface area contributed by atoms with Crippen LogP contribution < -0.4 is 9.46 Å². The zero-order valence-electron chi connectivity index (χ0n) is 18.3. The summed E-state index contributed by atoms with van der Waals surface area (Å²) < 4.78 is 49.7. The van der Waals surface area contributed by atoms with Crippen molar-refractivity contribution >= 4 is 21.5 Å². The first-order valence-electron chi connectivity index (χ1n) is 9.99. The van der Waals surface area contributed by atoms with Crippen LogP contribution in [0.25, 0.3) is 0 Å². The standard InChI is InChI=1S/C22H29FN2O5S/c1-15-6-7-17(22(24-15)30-13-5-12-29-3)9-11-21(26)16(2)18-8-10-20(19(23)14-18)25-31(4,27)28/h6-8,10,14,16,25H,5,9,11-13H2,1-4H3. The van der Waals surface area contributed by atoms with E-state index in [0.29, 0.717) is 31.1 Å². The minimum Gasteiger partial charge on any atom is -0.477 e. The lowest BCUT2D eigenvalue weighted by molar-refractivity contribution is -0.120. The maximum absolute atomic E-state index is 14.2. The van der Waals surface area contributed by atoms with Crippen molar-refractivity contribution in [3.63, 3.8) is 0 Å². The van der Waals surface area contributed by atoms with Crippen molar-refractivity contribution in [1.29, 1.82) is 0 Å². The molecule has 7 nitrogen and oxygen atoms in total. The van der Waals surface area contributed by atoms with Gasteiger partial charge in [0.15, 0.2) is 0 Å². The van der Waals surface area contributed by atoms with Crippen LogP contribution in [0.2, 0.25) is 0 Å². The largest absolute Gasteiger partial charge is 0.477 e. The number of sulfonamides is 1. The Morgan fingerprint density at radius 2 is 1.97 bits per heavy atom. The van der Waals surface area contributed by atoms with Gasteiger partial charge >= 0.3 is 0 Å². The molecule has 1 unspecified atom stereocenters. The van der Waals surface area contributed by atoms with Crippen molar-refractivity contribution in [2.45, 2.75) is 39.0 Å². The van der Waals surface area contributed by atoms with Crippen LogP contribution in [0, 0.1) is 12.7 Å². The highest BCUT2D eigenvalue weighted by Gasteiger charge is 2.19. The van der Waals surface area contributed by atoms with E-state index in [0.717, 1.165) is 23.9 Å². The van der Waals surface area contributed by atoms with Gasteiger partial charge in [-0.25, -0.2) is 17.8 Å². The highest BCUT2D eigenvalue weighted by atomic mass is 32.2. The lowest BCUT2D eigenvalue weighted by Crippen LogP contribution is -2.13. The van der Waals surface area contributed by atoms with E-state index in [1.165, 1.54) is 12.1 Å². The lowest BCUT2D eigenvalue weighted by Gasteiger charge is -2.14. The number of aryl methyl sites for hydroxylation is 2. The molecule has 0 aliphatic rings. The normalized spacial score (nSPS) is 12.4. The number of ether oxygens (including phenoxy) is 2. The number of anilines is 1. The topological polar surface area (TPSA) is 94.6 Å². The van der Waals surface area contributed by atoms with Crippen molar-refractivity contribution in [3.8, 4) is 5.88 Å². The summed E-state index contributed by atoms with van der Waals surface area (Å²) in [6, 6.07) is 7.83. The van der Waals surface area contributed by atoms with Crippen LogP contribution in [0.5, 0.6) is 5.88 Å². The van der Waals surface area contributed by atoms with Gasteiger partial charge in [0.25, 0.3) is 0 Å². The molecule has 0 bridgehead atoms. The van der Waals surface area contributed by atoms with Crippen LogP contribution in [-0.4, -0.2) is 45.8 Å². The molecule has 0 saturated carbocycles. The Labute approximate surface area is 183 Å². The maximum Gasteiger partial charge on any atom is 0.229 e. The zero-order valence-corrected chi connectivity index (χ0v) is 19.1. The van der Waals surface area contributed by atoms with Crippen LogP contribution in [0.1, 0.15) is 42.5 Å². The Bertz CT molecular complexity index is 1010. The molecule has 0 saturated heterocycles. The van der Waals surface area contributed by atoms with Crippen LogP contribution in [0.15, 0.2) is 30.3 Å². The minimum atomic E-state index is -3.59. The van der Waals surface area contributed by atoms with E-state index >= 15 is 0 Å². The van der Waals surface area contributed by atoms with Crippen LogP contribution in [0.4, 0.5) is 10.1 Å². The summed E-state index contributed by atoms with van der Waals surface area (Å²) >= 11 is 0. The van der Waals surface area contributed by atoms with Gasteiger partial charge in [0.2, 0.25) is 15.9 Å². The van der Waals surface area contributed by atoms with Crippen LogP contribution in [-0.2, 0) is 26.0 Å². The second-order valence-electron chi connectivity index (χ2n) is 7.41. The number of Topliss-reactive ketones (excluding diaryl/α,β-unsaturated/α-hetero) is 1. The van der Waals surface area contributed by atoms with Gasteiger partial charge in [0.05, 0.1) is 18.6 Å². The van der Waals surface area contributed by atoms with Gasteiger partial charge in [-0.05, 0) is 37.1 Å². The molecule has 1 heterocycles. The number of nitrogens with one attached hydrogen (secondary N) is 1. The highest BCUT2D eigenvalue weighted by molar-refractivity contribution is 7.92. The number of carbonyl (C=O) groups is 1. The fourth-order valence-corrected chi connectivity index (χ4v) is 3.56. The van der Waals surface area contributed by atoms with E-state index in [4.69, 9.17) is 9.47 Å². The van der Waals surface area contributed by atoms with Gasteiger partial charge in [-0.15, -0.1) is 0 Å². The summed E-state index contributed by atoms with van der Waals surface area (Å²) in [5.41, 5.74) is 2.00. The molecule has 1 aromatic heterocycles. The molecule has 0 amide bonds. The smallest absolute Gasteiger partial charge is 0.229 e. The van der Waals surface area contributed by atoms with Crippen molar-refractivity contribution in [2.24, 2.45) is 0 Å². The van der Waals surface area contributed by atoms with Gasteiger partial charge in [-0.2, -0.15) is 0 Å². The van der Waals surface area contributed by atoms with Crippen molar-refractivity contribution < 1.29 is 27.1 Å². The SMILES string of the molecule is COCCCOc1nc(C)ccc1CCC(=O)C(C)c1ccc(NS(C)(=O)=O)c(F)c1. The van der Waals surface area contributed by atoms with Crippen LogP contribution in [0.3, 0.4) is 0 Å². The Kier molecular flexibility index (Phi) is 8.94. The van der Waals surface area contributed by atoms with E-state index < -0.39 is 21.8 Å². The third-order valence-electron chi connectivity index (χ3n) is 4.72. The molecule has 0 aliphatic carbocycles. The van der Waals surface area contributed by atoms with Crippen molar-refractivity contribution in [1.82, 2.24) is 4.98 Å². The summed E-state index contributed by atoms with van der Waals surface area (Å²) in [5.74, 6) is -0.809. The first-order chi connectivity index (χ1) is 14.6. The summed E-state index contributed by atoms with van der Waals surface area (Å²) in [5, 5.41) is 0. The minimum absolute atomic E-state index is 0.0610.